The average Bonchev–Trinajstić information content (AvgIpc) is 3.02. The minimum absolute atomic E-state index is 0.102. The minimum Gasteiger partial charge on any atom is -0.228 e. The van der Waals surface area contributed by atoms with E-state index in [1.54, 1.807) is 32.1 Å². The van der Waals surface area contributed by atoms with Gasteiger partial charge in [0.25, 0.3) is 0 Å². The largest absolute Gasteiger partial charge is 0.228 e. The van der Waals surface area contributed by atoms with Crippen LogP contribution in [0.25, 0.3) is 10.1 Å². The molecule has 0 aliphatic carbocycles. The number of sulfone groups is 1. The molecule has 3 aromatic rings. The molecule has 0 bridgehead atoms. The smallest absolute Gasteiger partial charge is 0.159 e. The summed E-state index contributed by atoms with van der Waals surface area (Å²) in [5.74, 6) is 0.102. The first-order valence-electron chi connectivity index (χ1n) is 8.92. The van der Waals surface area contributed by atoms with E-state index in [0.29, 0.717) is 0 Å². The van der Waals surface area contributed by atoms with Gasteiger partial charge in [0.2, 0.25) is 0 Å². The molecule has 4 heteroatoms. The lowest BCUT2D eigenvalue weighted by molar-refractivity contribution is 0.559. The Morgan fingerprint density at radius 3 is 2.15 bits per heavy atom. The van der Waals surface area contributed by atoms with Gasteiger partial charge >= 0.3 is 0 Å². The highest BCUT2D eigenvalue weighted by molar-refractivity contribution is 7.91. The van der Waals surface area contributed by atoms with Crippen LogP contribution in [0.1, 0.15) is 43.0 Å². The molecule has 138 valence electrons. The van der Waals surface area contributed by atoms with Gasteiger partial charge in [-0.15, -0.1) is 11.3 Å². The van der Waals surface area contributed by atoms with Crippen molar-refractivity contribution in [1.82, 2.24) is 0 Å². The number of benzene rings is 2. The average molecular weight is 387 g/mol. The number of thiophene rings is 1. The van der Waals surface area contributed by atoms with Crippen molar-refractivity contribution in [3.05, 3.63) is 70.1 Å². The monoisotopic (exact) mass is 386 g/mol. The van der Waals surface area contributed by atoms with Crippen LogP contribution in [0.5, 0.6) is 0 Å². The zero-order valence-corrected chi connectivity index (χ0v) is 17.5. The Labute approximate surface area is 160 Å². The third kappa shape index (κ3) is 4.18. The second-order valence-corrected chi connectivity index (χ2v) is 11.6. The predicted octanol–water partition coefficient (Wildman–Crippen LogP) is 5.71. The van der Waals surface area contributed by atoms with Gasteiger partial charge < -0.3 is 0 Å². The lowest BCUT2D eigenvalue weighted by Crippen LogP contribution is -2.29. The maximum absolute atomic E-state index is 12.3. The summed E-state index contributed by atoms with van der Waals surface area (Å²) in [4.78, 5) is 0. The molecule has 2 aromatic carbocycles. The summed E-state index contributed by atoms with van der Waals surface area (Å²) < 4.78 is 25.3. The fraction of sp³-hybridized carbons (Fsp3) is 0.364. The van der Waals surface area contributed by atoms with Gasteiger partial charge in [-0.2, -0.15) is 0 Å². The van der Waals surface area contributed by atoms with E-state index in [9.17, 15) is 8.42 Å². The van der Waals surface area contributed by atoms with Crippen LogP contribution in [0, 0.1) is 6.92 Å². The van der Waals surface area contributed by atoms with E-state index in [1.807, 2.05) is 12.1 Å². The number of hydrogen-bond acceptors (Lipinski definition) is 3. The van der Waals surface area contributed by atoms with E-state index in [1.165, 1.54) is 26.8 Å². The molecule has 0 aliphatic heterocycles. The topological polar surface area (TPSA) is 34.1 Å². The molecule has 2 nitrogen and oxygen atoms in total. The Morgan fingerprint density at radius 2 is 1.50 bits per heavy atom. The van der Waals surface area contributed by atoms with Crippen molar-refractivity contribution in [3.63, 3.8) is 0 Å². The van der Waals surface area contributed by atoms with E-state index in [0.717, 1.165) is 18.4 Å². The molecule has 0 atom stereocenters. The summed E-state index contributed by atoms with van der Waals surface area (Å²) in [6, 6.07) is 14.8. The normalized spacial score (nSPS) is 12.6. The van der Waals surface area contributed by atoms with E-state index in [4.69, 9.17) is 0 Å². The molecule has 1 aromatic heterocycles. The summed E-state index contributed by atoms with van der Waals surface area (Å²) >= 11 is 1.80. The van der Waals surface area contributed by atoms with Crippen LogP contribution in [0.3, 0.4) is 0 Å². The predicted molar refractivity (Wildman–Crippen MR) is 113 cm³/mol. The van der Waals surface area contributed by atoms with Crippen LogP contribution >= 0.6 is 11.3 Å². The first-order chi connectivity index (χ1) is 12.2. The van der Waals surface area contributed by atoms with Gasteiger partial charge in [-0.25, -0.2) is 8.42 Å². The van der Waals surface area contributed by atoms with E-state index in [2.05, 4.69) is 42.6 Å². The van der Waals surface area contributed by atoms with E-state index >= 15 is 0 Å². The number of rotatable bonds is 5. The summed E-state index contributed by atoms with van der Waals surface area (Å²) in [6.45, 7) is 7.43. The molecule has 0 saturated carbocycles. The van der Waals surface area contributed by atoms with Crippen LogP contribution in [0.4, 0.5) is 0 Å². The molecular weight excluding hydrogens is 360 g/mol. The lowest BCUT2D eigenvalue weighted by Gasteiger charge is -2.19. The van der Waals surface area contributed by atoms with Crippen molar-refractivity contribution in [1.29, 1.82) is 0 Å². The van der Waals surface area contributed by atoms with Gasteiger partial charge in [-0.05, 0) is 79.6 Å². The summed E-state index contributed by atoms with van der Waals surface area (Å²) in [6.07, 6.45) is 1.95. The van der Waals surface area contributed by atoms with Gasteiger partial charge in [0.05, 0.1) is 10.5 Å². The number of fused-ring (bicyclic) bond motifs is 1. The lowest BCUT2D eigenvalue weighted by atomic mass is 10.0. The van der Waals surface area contributed by atoms with Gasteiger partial charge in [0.15, 0.2) is 9.84 Å². The zero-order valence-electron chi connectivity index (χ0n) is 15.9. The first-order valence-corrected chi connectivity index (χ1v) is 11.5. The Bertz CT molecular complexity index is 1000. The van der Waals surface area contributed by atoms with Gasteiger partial charge in [0.1, 0.15) is 0 Å². The molecule has 26 heavy (non-hydrogen) atoms. The highest BCUT2D eigenvalue weighted by Gasteiger charge is 2.28. The highest BCUT2D eigenvalue weighted by atomic mass is 32.2. The van der Waals surface area contributed by atoms with Gasteiger partial charge in [-0.3, -0.25) is 0 Å². The zero-order chi connectivity index (χ0) is 18.9. The number of aryl methyl sites for hydroxylation is 3. The van der Waals surface area contributed by atoms with Crippen molar-refractivity contribution in [2.75, 3.05) is 0 Å². The molecule has 0 unspecified atom stereocenters. The van der Waals surface area contributed by atoms with Crippen molar-refractivity contribution < 1.29 is 8.42 Å². The Hall–Kier alpha value is -1.65. The van der Waals surface area contributed by atoms with Crippen molar-refractivity contribution in [3.8, 4) is 0 Å². The molecule has 1 heterocycles. The van der Waals surface area contributed by atoms with E-state index in [-0.39, 0.29) is 5.75 Å². The molecule has 0 radical (unpaired) electrons. The second-order valence-electron chi connectivity index (χ2n) is 7.94. The molecule has 0 spiro atoms. The van der Waals surface area contributed by atoms with Crippen LogP contribution < -0.4 is 0 Å². The standard InChI is InChI=1S/C22H26O2S2/c1-16-13-19(14-20-11-12-25-21(16)20)10-7-17-5-8-18(9-6-17)15-26(23,24)22(2,3)4/h5-6,8-9,11-14H,7,10,15H2,1-4H3. The molecule has 0 aliphatic rings. The molecule has 0 amide bonds. The Balaban J connectivity index is 1.67. The summed E-state index contributed by atoms with van der Waals surface area (Å²) in [5.41, 5.74) is 4.80. The summed E-state index contributed by atoms with van der Waals surface area (Å²) in [7, 11) is -3.14. The Kier molecular flexibility index (Phi) is 5.27. The third-order valence-corrected chi connectivity index (χ3v) is 8.46. The molecule has 3 rings (SSSR count). The second kappa shape index (κ2) is 7.16. The van der Waals surface area contributed by atoms with Crippen LogP contribution in [0.15, 0.2) is 47.8 Å². The number of hydrogen-bond donors (Lipinski definition) is 0. The molecule has 0 fully saturated rings. The van der Waals surface area contributed by atoms with Gasteiger partial charge in [0, 0.05) is 4.70 Å². The van der Waals surface area contributed by atoms with Crippen LogP contribution in [-0.2, 0) is 28.4 Å². The SMILES string of the molecule is Cc1cc(CCc2ccc(CS(=O)(=O)C(C)(C)C)cc2)cc2ccsc12. The fourth-order valence-electron chi connectivity index (χ4n) is 3.01. The van der Waals surface area contributed by atoms with E-state index < -0.39 is 14.6 Å². The quantitative estimate of drug-likeness (QED) is 0.563. The van der Waals surface area contributed by atoms with Crippen molar-refractivity contribution in [2.24, 2.45) is 0 Å². The van der Waals surface area contributed by atoms with Crippen molar-refractivity contribution >= 4 is 31.3 Å². The minimum atomic E-state index is -3.14. The van der Waals surface area contributed by atoms with Crippen LogP contribution in [0.2, 0.25) is 0 Å². The van der Waals surface area contributed by atoms with Gasteiger partial charge in [-0.1, -0.05) is 36.4 Å². The van der Waals surface area contributed by atoms with Crippen molar-refractivity contribution in [2.45, 2.75) is 51.0 Å². The molecule has 0 N–H and O–H groups in total. The maximum atomic E-state index is 12.3. The fourth-order valence-corrected chi connectivity index (χ4v) is 4.93. The molecule has 0 saturated heterocycles. The Morgan fingerprint density at radius 1 is 0.885 bits per heavy atom. The third-order valence-electron chi connectivity index (χ3n) is 4.81. The molecular formula is C22H26O2S2. The highest BCUT2D eigenvalue weighted by Crippen LogP contribution is 2.27. The van der Waals surface area contributed by atoms with Crippen LogP contribution in [-0.4, -0.2) is 13.2 Å². The maximum Gasteiger partial charge on any atom is 0.159 e. The first kappa shape index (κ1) is 19.1. The summed E-state index contributed by atoms with van der Waals surface area (Å²) in [5, 5.41) is 3.47.